The first-order chi connectivity index (χ1) is 15.0. The lowest BCUT2D eigenvalue weighted by atomic mass is 9.89. The van der Waals surface area contributed by atoms with E-state index in [4.69, 9.17) is 4.52 Å². The fourth-order valence-electron chi connectivity index (χ4n) is 4.51. The Labute approximate surface area is 183 Å². The summed E-state index contributed by atoms with van der Waals surface area (Å²) < 4.78 is 34.4. The van der Waals surface area contributed by atoms with Crippen molar-refractivity contribution in [2.45, 2.75) is 69.2 Å². The second kappa shape index (κ2) is 9.52. The number of amides is 1. The van der Waals surface area contributed by atoms with Crippen LogP contribution >= 0.6 is 0 Å². The zero-order valence-corrected chi connectivity index (χ0v) is 18.8. The Bertz CT molecular complexity index is 993. The molecule has 4 rings (SSSR count). The van der Waals surface area contributed by atoms with Crippen molar-refractivity contribution in [2.75, 3.05) is 19.6 Å². The van der Waals surface area contributed by atoms with Crippen LogP contribution in [0.2, 0.25) is 0 Å². The third kappa shape index (κ3) is 5.01. The van der Waals surface area contributed by atoms with Crippen molar-refractivity contribution in [3.05, 3.63) is 29.9 Å². The zero-order chi connectivity index (χ0) is 21.8. The van der Waals surface area contributed by atoms with Crippen LogP contribution in [0.1, 0.15) is 74.0 Å². The number of piperidine rings is 1. The van der Waals surface area contributed by atoms with Gasteiger partial charge in [-0.2, -0.15) is 9.40 Å². The number of hydrogen-bond donors (Lipinski definition) is 1. The maximum absolute atomic E-state index is 13.0. The first-order valence-electron chi connectivity index (χ1n) is 11.2. The molecule has 3 heterocycles. The molecule has 0 bridgehead atoms. The first kappa shape index (κ1) is 22.0. The number of hydrogen-bond acceptors (Lipinski definition) is 6. The average molecular weight is 450 g/mol. The van der Waals surface area contributed by atoms with E-state index < -0.39 is 10.0 Å². The Morgan fingerprint density at radius 2 is 2.03 bits per heavy atom. The van der Waals surface area contributed by atoms with Gasteiger partial charge in [-0.15, -0.1) is 0 Å². The number of nitrogens with one attached hydrogen (secondary N) is 1. The van der Waals surface area contributed by atoms with Gasteiger partial charge in [-0.25, -0.2) is 8.42 Å². The molecule has 10 heteroatoms. The molecule has 2 aromatic rings. The molecule has 0 aromatic carbocycles. The second-order valence-corrected chi connectivity index (χ2v) is 10.5. The van der Waals surface area contributed by atoms with Gasteiger partial charge in [0.05, 0.1) is 11.9 Å². The third-order valence-corrected chi connectivity index (χ3v) is 8.22. The van der Waals surface area contributed by atoms with Crippen molar-refractivity contribution in [2.24, 2.45) is 5.92 Å². The number of rotatable bonds is 7. The highest BCUT2D eigenvalue weighted by Crippen LogP contribution is 2.30. The Kier molecular flexibility index (Phi) is 6.76. The number of carbonyl (C=O) groups excluding carboxylic acids is 1. The van der Waals surface area contributed by atoms with E-state index >= 15 is 0 Å². The molecule has 170 valence electrons. The molecule has 2 aromatic heterocycles. The Hall–Kier alpha value is -2.20. The van der Waals surface area contributed by atoms with Crippen LogP contribution in [-0.2, 0) is 16.6 Å². The van der Waals surface area contributed by atoms with Gasteiger partial charge in [-0.1, -0.05) is 24.4 Å². The highest BCUT2D eigenvalue weighted by atomic mass is 32.2. The lowest BCUT2D eigenvalue weighted by Gasteiger charge is -2.30. The molecule has 1 saturated carbocycles. The summed E-state index contributed by atoms with van der Waals surface area (Å²) in [6, 6.07) is 1.66. The highest BCUT2D eigenvalue weighted by molar-refractivity contribution is 7.89. The van der Waals surface area contributed by atoms with Crippen LogP contribution in [0, 0.1) is 5.92 Å². The van der Waals surface area contributed by atoms with Crippen LogP contribution < -0.4 is 5.32 Å². The Morgan fingerprint density at radius 1 is 1.23 bits per heavy atom. The van der Waals surface area contributed by atoms with Crippen LogP contribution in [0.25, 0.3) is 0 Å². The minimum atomic E-state index is -3.61. The molecule has 1 N–H and O–H groups in total. The quantitative estimate of drug-likeness (QED) is 0.696. The van der Waals surface area contributed by atoms with Gasteiger partial charge in [0.15, 0.2) is 0 Å². The van der Waals surface area contributed by atoms with Gasteiger partial charge in [-0.05, 0) is 38.5 Å². The molecule has 1 aliphatic carbocycles. The summed E-state index contributed by atoms with van der Waals surface area (Å²) >= 11 is 0. The minimum Gasteiger partial charge on any atom is -0.351 e. The predicted octanol–water partition coefficient (Wildman–Crippen LogP) is 2.77. The molecule has 2 aliphatic rings. The smallest absolute Gasteiger partial charge is 0.289 e. The largest absolute Gasteiger partial charge is 0.351 e. The first-order valence-corrected chi connectivity index (χ1v) is 12.7. The topological polar surface area (TPSA) is 110 Å². The summed E-state index contributed by atoms with van der Waals surface area (Å²) in [5.41, 5.74) is 0.631. The molecular formula is C21H31N5O4S. The minimum absolute atomic E-state index is 0.103. The normalized spacial score (nSPS) is 21.3. The number of nitrogens with zero attached hydrogens (tertiary/aromatic N) is 4. The van der Waals surface area contributed by atoms with E-state index in [-0.39, 0.29) is 22.5 Å². The molecule has 9 nitrogen and oxygen atoms in total. The van der Waals surface area contributed by atoms with Crippen LogP contribution in [0.15, 0.2) is 27.9 Å². The van der Waals surface area contributed by atoms with Crippen molar-refractivity contribution < 1.29 is 17.7 Å². The second-order valence-electron chi connectivity index (χ2n) is 8.56. The molecule has 1 unspecified atom stereocenters. The maximum Gasteiger partial charge on any atom is 0.289 e. The number of aryl methyl sites for hydroxylation is 1. The predicted molar refractivity (Wildman–Crippen MR) is 114 cm³/mol. The molecule has 2 fully saturated rings. The molecule has 1 amide bonds. The molecule has 31 heavy (non-hydrogen) atoms. The van der Waals surface area contributed by atoms with E-state index in [0.29, 0.717) is 37.8 Å². The standard InChI is InChI=1S/C21H31N5O4S/c1-2-25-15-18(13-23-25)31(28,29)26-10-6-9-17(14-26)19-11-20(30-24-19)21(27)22-12-16-7-4-3-5-8-16/h11,13,15-17H,2-10,12,14H2,1H3,(H,22,27). The fourth-order valence-corrected chi connectivity index (χ4v) is 5.98. The molecular weight excluding hydrogens is 418 g/mol. The van der Waals surface area contributed by atoms with E-state index in [9.17, 15) is 13.2 Å². The Morgan fingerprint density at radius 3 is 2.77 bits per heavy atom. The summed E-state index contributed by atoms with van der Waals surface area (Å²) in [5, 5.41) is 11.1. The van der Waals surface area contributed by atoms with E-state index in [2.05, 4.69) is 15.6 Å². The molecule has 1 atom stereocenters. The van der Waals surface area contributed by atoms with Gasteiger partial charge >= 0.3 is 0 Å². The average Bonchev–Trinajstić information content (AvgIpc) is 3.48. The van der Waals surface area contributed by atoms with Crippen LogP contribution in [0.4, 0.5) is 0 Å². The zero-order valence-electron chi connectivity index (χ0n) is 18.0. The van der Waals surface area contributed by atoms with Gasteiger partial charge in [0.25, 0.3) is 5.91 Å². The van der Waals surface area contributed by atoms with E-state index in [1.54, 1.807) is 16.9 Å². The maximum atomic E-state index is 13.0. The number of carbonyl (C=O) groups is 1. The third-order valence-electron chi connectivity index (χ3n) is 6.40. The SMILES string of the molecule is CCn1cc(S(=O)(=O)N2CCCC(c3cc(C(=O)NCC4CCCCC4)on3)C2)cn1. The van der Waals surface area contributed by atoms with E-state index in [1.165, 1.54) is 29.8 Å². The summed E-state index contributed by atoms with van der Waals surface area (Å²) in [6.07, 6.45) is 10.5. The fraction of sp³-hybridized carbons (Fsp3) is 0.667. The molecule has 1 aliphatic heterocycles. The molecule has 0 spiro atoms. The van der Waals surface area contributed by atoms with Crippen molar-refractivity contribution in [1.82, 2.24) is 24.6 Å². The van der Waals surface area contributed by atoms with Crippen molar-refractivity contribution in [1.29, 1.82) is 0 Å². The van der Waals surface area contributed by atoms with Crippen molar-refractivity contribution in [3.63, 3.8) is 0 Å². The summed E-state index contributed by atoms with van der Waals surface area (Å²) in [6.45, 7) is 3.96. The lowest BCUT2D eigenvalue weighted by molar-refractivity contribution is 0.0906. The molecule has 1 saturated heterocycles. The van der Waals surface area contributed by atoms with Gasteiger partial charge < -0.3 is 9.84 Å². The monoisotopic (exact) mass is 449 g/mol. The van der Waals surface area contributed by atoms with Crippen LogP contribution in [-0.4, -0.2) is 53.2 Å². The van der Waals surface area contributed by atoms with Crippen molar-refractivity contribution in [3.8, 4) is 0 Å². The van der Waals surface area contributed by atoms with Gasteiger partial charge in [0.1, 0.15) is 4.90 Å². The molecule has 0 radical (unpaired) electrons. The van der Waals surface area contributed by atoms with Gasteiger partial charge in [0.2, 0.25) is 15.8 Å². The van der Waals surface area contributed by atoms with Crippen molar-refractivity contribution >= 4 is 15.9 Å². The van der Waals surface area contributed by atoms with E-state index in [1.807, 2.05) is 6.92 Å². The summed E-state index contributed by atoms with van der Waals surface area (Å²) in [5.74, 6) is 0.370. The number of aromatic nitrogens is 3. The summed E-state index contributed by atoms with van der Waals surface area (Å²) in [7, 11) is -3.61. The van der Waals surface area contributed by atoms with Crippen LogP contribution in [0.5, 0.6) is 0 Å². The Balaban J connectivity index is 1.38. The van der Waals surface area contributed by atoms with Gasteiger partial charge in [0, 0.05) is 44.4 Å². The lowest BCUT2D eigenvalue weighted by Crippen LogP contribution is -2.39. The summed E-state index contributed by atoms with van der Waals surface area (Å²) in [4.78, 5) is 12.7. The van der Waals surface area contributed by atoms with Gasteiger partial charge in [-0.3, -0.25) is 9.48 Å². The van der Waals surface area contributed by atoms with E-state index in [0.717, 1.165) is 25.7 Å². The number of sulfonamides is 1. The highest BCUT2D eigenvalue weighted by Gasteiger charge is 2.33. The van der Waals surface area contributed by atoms with Crippen LogP contribution in [0.3, 0.4) is 0 Å².